The molecular formula is C30H31NO4S. The molecule has 0 spiro atoms. The van der Waals surface area contributed by atoms with Crippen LogP contribution in [0, 0.1) is 0 Å². The Morgan fingerprint density at radius 3 is 1.86 bits per heavy atom. The highest BCUT2D eigenvalue weighted by Crippen LogP contribution is 2.51. The monoisotopic (exact) mass is 501 g/mol. The van der Waals surface area contributed by atoms with Crippen molar-refractivity contribution in [3.63, 3.8) is 0 Å². The zero-order chi connectivity index (χ0) is 25.4. The highest BCUT2D eigenvalue weighted by atomic mass is 32.2. The Labute approximate surface area is 217 Å². The number of carbonyl (C=O) groups is 2. The van der Waals surface area contributed by atoms with E-state index in [1.54, 1.807) is 0 Å². The molecule has 0 saturated carbocycles. The number of carbonyl (C=O) groups excluding carboxylic acids is 2. The predicted molar refractivity (Wildman–Crippen MR) is 144 cm³/mol. The molecule has 6 heteroatoms. The van der Waals surface area contributed by atoms with Gasteiger partial charge in [0.25, 0.3) is 0 Å². The summed E-state index contributed by atoms with van der Waals surface area (Å²) >= 11 is 1.82. The number of amides is 1. The van der Waals surface area contributed by atoms with Crippen LogP contribution in [0.1, 0.15) is 29.5 Å². The van der Waals surface area contributed by atoms with E-state index < -0.39 is 22.9 Å². The first-order valence-corrected chi connectivity index (χ1v) is 12.9. The molecule has 2 atom stereocenters. The van der Waals surface area contributed by atoms with Crippen LogP contribution in [-0.4, -0.2) is 48.5 Å². The Morgan fingerprint density at radius 1 is 0.917 bits per heavy atom. The quantitative estimate of drug-likeness (QED) is 0.214. The number of likely N-dealkylation sites (tertiary alicyclic amines) is 1. The van der Waals surface area contributed by atoms with E-state index >= 15 is 0 Å². The molecule has 1 saturated heterocycles. The Morgan fingerprint density at radius 2 is 1.42 bits per heavy atom. The summed E-state index contributed by atoms with van der Waals surface area (Å²) in [6.07, 6.45) is 2.25. The van der Waals surface area contributed by atoms with Crippen molar-refractivity contribution in [2.24, 2.45) is 0 Å². The largest absolute Gasteiger partial charge is 0.467 e. The van der Waals surface area contributed by atoms with E-state index in [-0.39, 0.29) is 11.9 Å². The van der Waals surface area contributed by atoms with Crippen LogP contribution in [0.15, 0.2) is 104 Å². The molecule has 1 aliphatic rings. The summed E-state index contributed by atoms with van der Waals surface area (Å²) in [7, 11) is 1.35. The number of methoxy groups -OCH3 is 1. The minimum absolute atomic E-state index is 0.0443. The summed E-state index contributed by atoms with van der Waals surface area (Å²) in [5, 5.41) is 0.0443. The summed E-state index contributed by atoms with van der Waals surface area (Å²) in [6.45, 7) is 4.08. The van der Waals surface area contributed by atoms with E-state index in [4.69, 9.17) is 9.47 Å². The molecule has 1 aliphatic heterocycles. The fraction of sp³-hybridized carbons (Fsp3) is 0.267. The first-order chi connectivity index (χ1) is 17.6. The van der Waals surface area contributed by atoms with Gasteiger partial charge < -0.3 is 9.47 Å². The Balaban J connectivity index is 1.76. The van der Waals surface area contributed by atoms with Gasteiger partial charge in [-0.25, -0.2) is 9.59 Å². The second-order valence-corrected chi connectivity index (χ2v) is 10.2. The fourth-order valence-corrected chi connectivity index (χ4v) is 6.61. The lowest BCUT2D eigenvalue weighted by molar-refractivity contribution is -0.147. The van der Waals surface area contributed by atoms with Gasteiger partial charge in [-0.05, 0) is 29.5 Å². The van der Waals surface area contributed by atoms with Crippen molar-refractivity contribution in [3.8, 4) is 0 Å². The van der Waals surface area contributed by atoms with Gasteiger partial charge in [-0.15, -0.1) is 11.8 Å². The third-order valence-corrected chi connectivity index (χ3v) is 8.23. The first kappa shape index (κ1) is 25.6. The van der Waals surface area contributed by atoms with Crippen molar-refractivity contribution in [1.29, 1.82) is 0 Å². The van der Waals surface area contributed by atoms with Gasteiger partial charge in [0, 0.05) is 11.8 Å². The predicted octanol–water partition coefficient (Wildman–Crippen LogP) is 6.04. The molecule has 0 N–H and O–H groups in total. The van der Waals surface area contributed by atoms with Gasteiger partial charge in [0.1, 0.15) is 12.6 Å². The van der Waals surface area contributed by atoms with Gasteiger partial charge in [-0.1, -0.05) is 104 Å². The summed E-state index contributed by atoms with van der Waals surface area (Å²) in [4.78, 5) is 27.0. The van der Waals surface area contributed by atoms with E-state index in [1.165, 1.54) is 18.1 Å². The molecule has 0 bridgehead atoms. The Kier molecular flexibility index (Phi) is 8.49. The molecule has 0 unspecified atom stereocenters. The molecule has 1 fully saturated rings. The normalized spacial score (nSPS) is 17.8. The number of benzene rings is 3. The van der Waals surface area contributed by atoms with E-state index in [0.717, 1.165) is 23.1 Å². The second-order valence-electron chi connectivity index (χ2n) is 8.65. The standard InChI is InChI=1S/C30H31NO4S/c1-3-21-35-29(33)31-22-26(19-20-27(31)28(32)34-2)36-30(23-13-7-4-8-14-23,24-15-9-5-10-16-24)25-17-11-6-12-18-25/h3-18,26-27H,1,19-22H2,2H3/t26-,27-/m0/s1. The third-order valence-electron chi connectivity index (χ3n) is 6.46. The maximum absolute atomic E-state index is 12.9. The maximum atomic E-state index is 12.9. The molecule has 1 amide bonds. The van der Waals surface area contributed by atoms with Crippen LogP contribution >= 0.6 is 11.8 Å². The van der Waals surface area contributed by atoms with E-state index in [1.807, 2.05) is 30.0 Å². The smallest absolute Gasteiger partial charge is 0.410 e. The minimum atomic E-state index is -0.663. The van der Waals surface area contributed by atoms with Gasteiger partial charge in [0.05, 0.1) is 11.9 Å². The summed E-state index contributed by atoms with van der Waals surface area (Å²) in [6, 6.07) is 30.7. The van der Waals surface area contributed by atoms with Crippen LogP contribution in [0.5, 0.6) is 0 Å². The van der Waals surface area contributed by atoms with E-state index in [9.17, 15) is 9.59 Å². The fourth-order valence-electron chi connectivity index (χ4n) is 4.80. The van der Waals surface area contributed by atoms with Crippen LogP contribution in [0.3, 0.4) is 0 Å². The summed E-state index contributed by atoms with van der Waals surface area (Å²) in [5.41, 5.74) is 3.47. The molecule has 0 radical (unpaired) electrons. The lowest BCUT2D eigenvalue weighted by atomic mass is 9.84. The molecule has 0 aromatic heterocycles. The molecule has 3 aromatic rings. The summed E-state index contributed by atoms with van der Waals surface area (Å²) in [5.74, 6) is -0.422. The summed E-state index contributed by atoms with van der Waals surface area (Å²) < 4.78 is 9.83. The SMILES string of the molecule is C=CCOC(=O)N1C[C@@H](SC(c2ccccc2)(c2ccccc2)c2ccccc2)CC[C@H]1C(=O)OC. The van der Waals surface area contributed by atoms with Crippen LogP contribution in [0.2, 0.25) is 0 Å². The molecule has 1 heterocycles. The van der Waals surface area contributed by atoms with Gasteiger partial charge in [-0.2, -0.15) is 0 Å². The number of piperidine rings is 1. The molecule has 3 aromatic carbocycles. The van der Waals surface area contributed by atoms with Crippen molar-refractivity contribution in [1.82, 2.24) is 4.90 Å². The maximum Gasteiger partial charge on any atom is 0.410 e. The van der Waals surface area contributed by atoms with E-state index in [2.05, 4.69) is 79.4 Å². The molecule has 0 aliphatic carbocycles. The van der Waals surface area contributed by atoms with Crippen molar-refractivity contribution in [2.75, 3.05) is 20.3 Å². The Bertz CT molecular complexity index is 1060. The van der Waals surface area contributed by atoms with Crippen LogP contribution in [0.4, 0.5) is 4.79 Å². The molecular weight excluding hydrogens is 470 g/mol. The number of nitrogens with zero attached hydrogens (tertiary/aromatic N) is 1. The molecule has 186 valence electrons. The lowest BCUT2D eigenvalue weighted by Gasteiger charge is -2.42. The van der Waals surface area contributed by atoms with Crippen molar-refractivity contribution >= 4 is 23.8 Å². The highest BCUT2D eigenvalue weighted by Gasteiger charge is 2.44. The highest BCUT2D eigenvalue weighted by molar-refractivity contribution is 8.01. The van der Waals surface area contributed by atoms with Crippen LogP contribution < -0.4 is 0 Å². The Hall–Kier alpha value is -3.51. The van der Waals surface area contributed by atoms with Crippen molar-refractivity contribution < 1.29 is 19.1 Å². The number of hydrogen-bond acceptors (Lipinski definition) is 5. The topological polar surface area (TPSA) is 55.8 Å². The third kappa shape index (κ3) is 5.34. The molecule has 5 nitrogen and oxygen atoms in total. The van der Waals surface area contributed by atoms with Gasteiger partial charge in [0.15, 0.2) is 0 Å². The first-order valence-electron chi connectivity index (χ1n) is 12.1. The number of ether oxygens (including phenoxy) is 2. The average Bonchev–Trinajstić information content (AvgIpc) is 2.95. The number of esters is 1. The van der Waals surface area contributed by atoms with Crippen LogP contribution in [0.25, 0.3) is 0 Å². The minimum Gasteiger partial charge on any atom is -0.467 e. The van der Waals surface area contributed by atoms with E-state index in [0.29, 0.717) is 13.0 Å². The zero-order valence-electron chi connectivity index (χ0n) is 20.4. The number of rotatable bonds is 8. The van der Waals surface area contributed by atoms with Crippen molar-refractivity contribution in [3.05, 3.63) is 120 Å². The van der Waals surface area contributed by atoms with Gasteiger partial charge in [0.2, 0.25) is 0 Å². The van der Waals surface area contributed by atoms with Gasteiger partial charge >= 0.3 is 12.1 Å². The van der Waals surface area contributed by atoms with Crippen molar-refractivity contribution in [2.45, 2.75) is 28.9 Å². The lowest BCUT2D eigenvalue weighted by Crippen LogP contribution is -2.52. The second kappa shape index (κ2) is 12.0. The van der Waals surface area contributed by atoms with Gasteiger partial charge in [-0.3, -0.25) is 4.90 Å². The average molecular weight is 502 g/mol. The zero-order valence-corrected chi connectivity index (χ0v) is 21.2. The molecule has 36 heavy (non-hydrogen) atoms. The number of hydrogen-bond donors (Lipinski definition) is 0. The molecule has 4 rings (SSSR count). The number of thioether (sulfide) groups is 1. The van der Waals surface area contributed by atoms with Crippen LogP contribution in [-0.2, 0) is 19.0 Å².